The first-order valence-corrected chi connectivity index (χ1v) is 12.9. The lowest BCUT2D eigenvalue weighted by Gasteiger charge is -2.50. The minimum absolute atomic E-state index is 0.149. The summed E-state index contributed by atoms with van der Waals surface area (Å²) < 4.78 is 8.91. The number of hydrogen-bond acceptors (Lipinski definition) is 1. The molecule has 1 rings (SSSR count). The molecule has 0 radical (unpaired) electrons. The van der Waals surface area contributed by atoms with Gasteiger partial charge in [0, 0.05) is 9.89 Å². The predicted molar refractivity (Wildman–Crippen MR) is 131 cm³/mol. The van der Waals surface area contributed by atoms with Crippen molar-refractivity contribution >= 4 is 31.9 Å². The van der Waals surface area contributed by atoms with Crippen molar-refractivity contribution < 1.29 is 4.74 Å². The topological polar surface area (TPSA) is 9.23 Å². The number of unbranched alkanes of at least 4 members (excludes halogenated alkanes) is 5. The van der Waals surface area contributed by atoms with Crippen molar-refractivity contribution in [1.82, 2.24) is 0 Å². The van der Waals surface area contributed by atoms with E-state index in [1.54, 1.807) is 0 Å². The predicted octanol–water partition coefficient (Wildman–Crippen LogP) is 9.66. The maximum absolute atomic E-state index is 6.81. The molecule has 0 saturated carbocycles. The van der Waals surface area contributed by atoms with Crippen LogP contribution in [0.25, 0.3) is 0 Å². The van der Waals surface area contributed by atoms with Crippen LogP contribution in [0.3, 0.4) is 0 Å². The summed E-state index contributed by atoms with van der Waals surface area (Å²) in [7, 11) is 0. The Balaban J connectivity index is 3.10. The van der Waals surface area contributed by atoms with Gasteiger partial charge >= 0.3 is 0 Å². The smallest absolute Gasteiger partial charge is 0.134 e. The molecule has 0 aliphatic carbocycles. The van der Waals surface area contributed by atoms with E-state index in [4.69, 9.17) is 4.74 Å². The summed E-state index contributed by atoms with van der Waals surface area (Å²) in [5.41, 5.74) is 0.149. The molecule has 0 bridgehead atoms. The zero-order valence-electron chi connectivity index (χ0n) is 19.2. The van der Waals surface area contributed by atoms with Crippen molar-refractivity contribution in [3.63, 3.8) is 0 Å². The van der Waals surface area contributed by atoms with E-state index in [1.807, 2.05) is 0 Å². The molecule has 0 amide bonds. The van der Waals surface area contributed by atoms with Gasteiger partial charge in [0.05, 0.1) is 4.47 Å². The van der Waals surface area contributed by atoms with Gasteiger partial charge in [-0.2, -0.15) is 0 Å². The summed E-state index contributed by atoms with van der Waals surface area (Å²) in [6.45, 7) is 16.6. The average Bonchev–Trinajstić information content (AvgIpc) is 2.59. The zero-order valence-corrected chi connectivity index (χ0v) is 22.3. The van der Waals surface area contributed by atoms with Crippen molar-refractivity contribution in [2.75, 3.05) is 0 Å². The Morgan fingerprint density at radius 3 is 1.86 bits per heavy atom. The molecule has 0 spiro atoms. The lowest BCUT2D eigenvalue weighted by Crippen LogP contribution is -2.51. The highest BCUT2D eigenvalue weighted by atomic mass is 79.9. The van der Waals surface area contributed by atoms with E-state index in [0.29, 0.717) is 17.8 Å². The van der Waals surface area contributed by atoms with Gasteiger partial charge in [0.25, 0.3) is 0 Å². The van der Waals surface area contributed by atoms with E-state index in [-0.39, 0.29) is 11.5 Å². The molecular formula is C25H42Br2O. The number of ether oxygens (including phenoxy) is 1. The molecule has 0 fully saturated rings. The Kier molecular flexibility index (Phi) is 11.7. The molecule has 0 aromatic heterocycles. The van der Waals surface area contributed by atoms with Crippen LogP contribution in [0.5, 0.6) is 5.75 Å². The van der Waals surface area contributed by atoms with E-state index >= 15 is 0 Å². The monoisotopic (exact) mass is 516 g/mol. The highest BCUT2D eigenvalue weighted by Crippen LogP contribution is 2.49. The Morgan fingerprint density at radius 1 is 0.821 bits per heavy atom. The summed E-state index contributed by atoms with van der Waals surface area (Å²) in [4.78, 5) is 0. The Morgan fingerprint density at radius 2 is 1.36 bits per heavy atom. The molecule has 0 saturated heterocycles. The Bertz CT molecular complexity index is 544. The molecule has 0 aliphatic heterocycles. The second-order valence-corrected chi connectivity index (χ2v) is 11.0. The molecular weight excluding hydrogens is 476 g/mol. The molecule has 1 aromatic carbocycles. The Labute approximate surface area is 191 Å². The third kappa shape index (κ3) is 6.76. The van der Waals surface area contributed by atoms with Crippen LogP contribution >= 0.6 is 31.9 Å². The molecule has 0 heterocycles. The van der Waals surface area contributed by atoms with Crippen LogP contribution in [-0.2, 0) is 0 Å². The fourth-order valence-corrected chi connectivity index (χ4v) is 6.50. The minimum atomic E-state index is 0.149. The van der Waals surface area contributed by atoms with Gasteiger partial charge in [-0.25, -0.2) is 0 Å². The van der Waals surface area contributed by atoms with E-state index in [0.717, 1.165) is 21.1 Å². The highest BCUT2D eigenvalue weighted by Gasteiger charge is 2.48. The minimum Gasteiger partial charge on any atom is -0.489 e. The summed E-state index contributed by atoms with van der Waals surface area (Å²) in [5.74, 6) is 2.65. The second kappa shape index (κ2) is 12.6. The van der Waals surface area contributed by atoms with E-state index in [1.165, 1.54) is 38.5 Å². The summed E-state index contributed by atoms with van der Waals surface area (Å²) >= 11 is 7.27. The van der Waals surface area contributed by atoms with Gasteiger partial charge in [0.15, 0.2) is 0 Å². The molecule has 162 valence electrons. The highest BCUT2D eigenvalue weighted by molar-refractivity contribution is 9.11. The van der Waals surface area contributed by atoms with E-state index < -0.39 is 0 Å². The molecule has 28 heavy (non-hydrogen) atoms. The van der Waals surface area contributed by atoms with Crippen LogP contribution in [0.1, 0.15) is 93.4 Å². The standard InChI is InChI=1S/C25H42Br2O/c1-8-9-10-11-12-13-14-24(25(18(2)3,19(4)5)20(6)7)28-23-16-15-21(26)17-22(23)27/h15-20,24H,8-14H2,1-7H3. The molecule has 3 heteroatoms. The van der Waals surface area contributed by atoms with Gasteiger partial charge in [-0.3, -0.25) is 0 Å². The fraction of sp³-hybridized carbons (Fsp3) is 0.760. The lowest BCUT2D eigenvalue weighted by molar-refractivity contribution is -0.0716. The third-order valence-corrected chi connectivity index (χ3v) is 7.65. The fourth-order valence-electron chi connectivity index (χ4n) is 5.36. The zero-order chi connectivity index (χ0) is 21.3. The van der Waals surface area contributed by atoms with Gasteiger partial charge in [0.1, 0.15) is 11.9 Å². The average molecular weight is 518 g/mol. The van der Waals surface area contributed by atoms with E-state index in [9.17, 15) is 0 Å². The van der Waals surface area contributed by atoms with Gasteiger partial charge in [0.2, 0.25) is 0 Å². The second-order valence-electron chi connectivity index (χ2n) is 9.20. The first kappa shape index (κ1) is 26.0. The Hall–Kier alpha value is -0.0200. The summed E-state index contributed by atoms with van der Waals surface area (Å²) in [6, 6.07) is 6.25. The van der Waals surface area contributed by atoms with Crippen LogP contribution in [0, 0.1) is 23.2 Å². The van der Waals surface area contributed by atoms with Crippen LogP contribution < -0.4 is 4.74 Å². The van der Waals surface area contributed by atoms with E-state index in [2.05, 4.69) is 98.5 Å². The molecule has 1 nitrogen and oxygen atoms in total. The van der Waals surface area contributed by atoms with Crippen LogP contribution in [0.2, 0.25) is 0 Å². The quantitative estimate of drug-likeness (QED) is 0.236. The first-order chi connectivity index (χ1) is 13.2. The molecule has 1 aromatic rings. The summed E-state index contributed by atoms with van der Waals surface area (Å²) in [5, 5.41) is 0. The lowest BCUT2D eigenvalue weighted by atomic mass is 9.58. The maximum Gasteiger partial charge on any atom is 0.134 e. The van der Waals surface area contributed by atoms with Crippen molar-refractivity contribution in [3.05, 3.63) is 27.1 Å². The molecule has 1 atom stereocenters. The van der Waals surface area contributed by atoms with Gasteiger partial charge < -0.3 is 4.74 Å². The van der Waals surface area contributed by atoms with Gasteiger partial charge in [-0.15, -0.1) is 0 Å². The number of hydrogen-bond donors (Lipinski definition) is 0. The number of benzene rings is 1. The third-order valence-electron chi connectivity index (χ3n) is 6.54. The van der Waals surface area contributed by atoms with Crippen molar-refractivity contribution in [2.24, 2.45) is 23.2 Å². The summed E-state index contributed by atoms with van der Waals surface area (Å²) in [6.07, 6.45) is 9.28. The largest absolute Gasteiger partial charge is 0.489 e. The maximum atomic E-state index is 6.81. The van der Waals surface area contributed by atoms with Crippen LogP contribution in [0.4, 0.5) is 0 Å². The molecule has 0 aliphatic rings. The normalized spacial score (nSPS) is 13.6. The first-order valence-electron chi connectivity index (χ1n) is 11.3. The number of rotatable bonds is 13. The van der Waals surface area contributed by atoms with Crippen molar-refractivity contribution in [2.45, 2.75) is 99.5 Å². The number of halogens is 2. The van der Waals surface area contributed by atoms with Crippen molar-refractivity contribution in [1.29, 1.82) is 0 Å². The van der Waals surface area contributed by atoms with Crippen LogP contribution in [-0.4, -0.2) is 6.10 Å². The van der Waals surface area contributed by atoms with Gasteiger partial charge in [-0.1, -0.05) is 96.5 Å². The van der Waals surface area contributed by atoms with Gasteiger partial charge in [-0.05, 0) is 64.7 Å². The SMILES string of the molecule is CCCCCCCCC(Oc1ccc(Br)cc1Br)C(C(C)C)(C(C)C)C(C)C. The molecule has 0 N–H and O–H groups in total. The van der Waals surface area contributed by atoms with Crippen molar-refractivity contribution in [3.8, 4) is 5.75 Å². The van der Waals surface area contributed by atoms with Crippen LogP contribution in [0.15, 0.2) is 27.1 Å². The molecule has 1 unspecified atom stereocenters.